The van der Waals surface area contributed by atoms with Crippen molar-refractivity contribution in [1.29, 1.82) is 0 Å². The SMILES string of the molecule is COc1ccc(-c2nc(CCNC(=O)Nc3cc(NC(=O)C(C)C)ccc3C)co2)cc1. The lowest BCUT2D eigenvalue weighted by Crippen LogP contribution is -2.30. The molecule has 0 aliphatic rings. The van der Waals surface area contributed by atoms with E-state index in [1.54, 1.807) is 19.4 Å². The molecule has 32 heavy (non-hydrogen) atoms. The fourth-order valence-electron chi connectivity index (χ4n) is 2.88. The summed E-state index contributed by atoms with van der Waals surface area (Å²) >= 11 is 0. The van der Waals surface area contributed by atoms with Crippen molar-refractivity contribution < 1.29 is 18.7 Å². The normalized spacial score (nSPS) is 10.7. The second-order valence-corrected chi connectivity index (χ2v) is 7.68. The number of aryl methyl sites for hydroxylation is 1. The van der Waals surface area contributed by atoms with Crippen LogP contribution in [0.5, 0.6) is 5.75 Å². The highest BCUT2D eigenvalue weighted by molar-refractivity contribution is 5.94. The molecule has 0 aliphatic carbocycles. The fourth-order valence-corrected chi connectivity index (χ4v) is 2.88. The van der Waals surface area contributed by atoms with Crippen molar-refractivity contribution in [1.82, 2.24) is 10.3 Å². The molecule has 3 rings (SSSR count). The first-order valence-corrected chi connectivity index (χ1v) is 10.4. The Bertz CT molecular complexity index is 1070. The van der Waals surface area contributed by atoms with Gasteiger partial charge in [-0.25, -0.2) is 9.78 Å². The van der Waals surface area contributed by atoms with E-state index in [9.17, 15) is 9.59 Å². The Morgan fingerprint density at radius 3 is 2.53 bits per heavy atom. The van der Waals surface area contributed by atoms with Gasteiger partial charge in [0.1, 0.15) is 12.0 Å². The number of benzene rings is 2. The minimum absolute atomic E-state index is 0.0779. The van der Waals surface area contributed by atoms with E-state index in [1.807, 2.05) is 57.2 Å². The molecular formula is C24H28N4O4. The average Bonchev–Trinajstić information content (AvgIpc) is 3.25. The molecule has 2 aromatic carbocycles. The predicted molar refractivity (Wildman–Crippen MR) is 124 cm³/mol. The van der Waals surface area contributed by atoms with E-state index in [0.29, 0.717) is 30.2 Å². The molecule has 0 saturated heterocycles. The number of amides is 3. The highest BCUT2D eigenvalue weighted by Crippen LogP contribution is 2.22. The van der Waals surface area contributed by atoms with Gasteiger partial charge >= 0.3 is 6.03 Å². The molecule has 0 spiro atoms. The van der Waals surface area contributed by atoms with E-state index in [2.05, 4.69) is 20.9 Å². The number of hydrogen-bond acceptors (Lipinski definition) is 5. The number of anilines is 2. The van der Waals surface area contributed by atoms with E-state index < -0.39 is 0 Å². The molecule has 0 aliphatic heterocycles. The molecule has 8 nitrogen and oxygen atoms in total. The number of ether oxygens (including phenoxy) is 1. The summed E-state index contributed by atoms with van der Waals surface area (Å²) < 4.78 is 10.7. The minimum Gasteiger partial charge on any atom is -0.497 e. The Hall–Kier alpha value is -3.81. The monoisotopic (exact) mass is 436 g/mol. The third-order valence-corrected chi connectivity index (χ3v) is 4.83. The molecule has 0 bridgehead atoms. The van der Waals surface area contributed by atoms with Crippen molar-refractivity contribution in [3.05, 3.63) is 60.0 Å². The van der Waals surface area contributed by atoms with Crippen LogP contribution in [0.25, 0.3) is 11.5 Å². The Morgan fingerprint density at radius 2 is 1.84 bits per heavy atom. The molecule has 0 fully saturated rings. The van der Waals surface area contributed by atoms with Crippen LogP contribution in [-0.2, 0) is 11.2 Å². The van der Waals surface area contributed by atoms with E-state index in [-0.39, 0.29) is 17.9 Å². The number of urea groups is 1. The Balaban J connectivity index is 1.51. The summed E-state index contributed by atoms with van der Waals surface area (Å²) in [5.41, 5.74) is 3.75. The zero-order valence-electron chi connectivity index (χ0n) is 18.7. The summed E-state index contributed by atoms with van der Waals surface area (Å²) in [4.78, 5) is 28.7. The van der Waals surface area contributed by atoms with Crippen LogP contribution in [-0.4, -0.2) is 30.6 Å². The molecule has 1 aromatic heterocycles. The van der Waals surface area contributed by atoms with Crippen LogP contribution in [0.3, 0.4) is 0 Å². The third-order valence-electron chi connectivity index (χ3n) is 4.83. The number of carbonyl (C=O) groups is 2. The molecular weight excluding hydrogens is 408 g/mol. The smallest absolute Gasteiger partial charge is 0.319 e. The van der Waals surface area contributed by atoms with Gasteiger partial charge in [-0.05, 0) is 48.9 Å². The summed E-state index contributed by atoms with van der Waals surface area (Å²) in [6.07, 6.45) is 2.11. The van der Waals surface area contributed by atoms with Crippen LogP contribution in [0.2, 0.25) is 0 Å². The summed E-state index contributed by atoms with van der Waals surface area (Å²) in [7, 11) is 1.62. The lowest BCUT2D eigenvalue weighted by atomic mass is 10.1. The van der Waals surface area contributed by atoms with Crippen LogP contribution in [0.15, 0.2) is 53.1 Å². The quantitative estimate of drug-likeness (QED) is 0.478. The van der Waals surface area contributed by atoms with Crippen molar-refractivity contribution in [2.45, 2.75) is 27.2 Å². The number of rotatable bonds is 8. The summed E-state index contributed by atoms with van der Waals surface area (Å²) in [6, 6.07) is 12.5. The van der Waals surface area contributed by atoms with Gasteiger partial charge in [0.15, 0.2) is 0 Å². The zero-order chi connectivity index (χ0) is 23.1. The number of nitrogens with zero attached hydrogens (tertiary/aromatic N) is 1. The Morgan fingerprint density at radius 1 is 1.09 bits per heavy atom. The second-order valence-electron chi connectivity index (χ2n) is 7.68. The Labute approximate surface area is 187 Å². The maximum atomic E-state index is 12.3. The van der Waals surface area contributed by atoms with Gasteiger partial charge in [-0.3, -0.25) is 4.79 Å². The number of oxazole rings is 1. The highest BCUT2D eigenvalue weighted by Gasteiger charge is 2.11. The van der Waals surface area contributed by atoms with E-state index in [0.717, 1.165) is 22.6 Å². The third kappa shape index (κ3) is 6.10. The van der Waals surface area contributed by atoms with Gasteiger partial charge < -0.3 is 25.1 Å². The van der Waals surface area contributed by atoms with Crippen molar-refractivity contribution in [3.63, 3.8) is 0 Å². The van der Waals surface area contributed by atoms with Gasteiger partial charge in [0, 0.05) is 35.8 Å². The summed E-state index contributed by atoms with van der Waals surface area (Å²) in [5, 5.41) is 8.47. The molecule has 0 saturated carbocycles. The average molecular weight is 437 g/mol. The molecule has 8 heteroatoms. The first-order chi connectivity index (χ1) is 15.4. The number of carbonyl (C=O) groups excluding carboxylic acids is 2. The van der Waals surface area contributed by atoms with Gasteiger partial charge in [-0.15, -0.1) is 0 Å². The number of aromatic nitrogens is 1. The second kappa shape index (κ2) is 10.5. The zero-order valence-corrected chi connectivity index (χ0v) is 18.7. The van der Waals surface area contributed by atoms with Crippen molar-refractivity contribution in [2.75, 3.05) is 24.3 Å². The molecule has 0 radical (unpaired) electrons. The van der Waals surface area contributed by atoms with Crippen molar-refractivity contribution >= 4 is 23.3 Å². The molecule has 168 valence electrons. The number of nitrogens with one attached hydrogen (secondary N) is 3. The first-order valence-electron chi connectivity index (χ1n) is 10.4. The Kier molecular flexibility index (Phi) is 7.49. The summed E-state index contributed by atoms with van der Waals surface area (Å²) in [5.74, 6) is 1.07. The molecule has 0 atom stereocenters. The largest absolute Gasteiger partial charge is 0.497 e. The lowest BCUT2D eigenvalue weighted by molar-refractivity contribution is -0.118. The summed E-state index contributed by atoms with van der Waals surface area (Å²) in [6.45, 7) is 5.93. The predicted octanol–water partition coefficient (Wildman–Crippen LogP) is 4.62. The van der Waals surface area contributed by atoms with Gasteiger partial charge in [-0.2, -0.15) is 0 Å². The first kappa shape index (κ1) is 22.9. The highest BCUT2D eigenvalue weighted by atomic mass is 16.5. The molecule has 3 amide bonds. The van der Waals surface area contributed by atoms with E-state index in [1.165, 1.54) is 0 Å². The standard InChI is InChI=1S/C24H28N4O4/c1-15(2)22(29)26-18-8-5-16(3)21(13-18)28-24(30)25-12-11-19-14-32-23(27-19)17-6-9-20(31-4)10-7-17/h5-10,13-15H,11-12H2,1-4H3,(H,26,29)(H2,25,28,30). The molecule has 0 unspecified atom stereocenters. The van der Waals surface area contributed by atoms with Crippen molar-refractivity contribution in [3.8, 4) is 17.2 Å². The van der Waals surface area contributed by atoms with Gasteiger partial charge in [0.25, 0.3) is 0 Å². The van der Waals surface area contributed by atoms with Crippen LogP contribution in [0.1, 0.15) is 25.1 Å². The topological polar surface area (TPSA) is 105 Å². The van der Waals surface area contributed by atoms with E-state index >= 15 is 0 Å². The van der Waals surface area contributed by atoms with Gasteiger partial charge in [0.2, 0.25) is 11.8 Å². The van der Waals surface area contributed by atoms with Crippen LogP contribution >= 0.6 is 0 Å². The molecule has 3 N–H and O–H groups in total. The minimum atomic E-state index is -0.334. The van der Waals surface area contributed by atoms with Gasteiger partial charge in [-0.1, -0.05) is 19.9 Å². The molecule has 1 heterocycles. The fraction of sp³-hybridized carbons (Fsp3) is 0.292. The van der Waals surface area contributed by atoms with E-state index in [4.69, 9.17) is 9.15 Å². The molecule has 3 aromatic rings. The number of methoxy groups -OCH3 is 1. The van der Waals surface area contributed by atoms with Crippen LogP contribution in [0.4, 0.5) is 16.2 Å². The number of hydrogen-bond donors (Lipinski definition) is 3. The maximum Gasteiger partial charge on any atom is 0.319 e. The van der Waals surface area contributed by atoms with Gasteiger partial charge in [0.05, 0.1) is 12.8 Å². The van der Waals surface area contributed by atoms with Crippen LogP contribution in [0, 0.1) is 12.8 Å². The van der Waals surface area contributed by atoms with Crippen LogP contribution < -0.4 is 20.7 Å². The maximum absolute atomic E-state index is 12.3. The van der Waals surface area contributed by atoms with Crippen molar-refractivity contribution in [2.24, 2.45) is 5.92 Å². The lowest BCUT2D eigenvalue weighted by Gasteiger charge is -2.13.